The lowest BCUT2D eigenvalue weighted by molar-refractivity contribution is 0.922. The third kappa shape index (κ3) is 8.89. The van der Waals surface area contributed by atoms with Crippen molar-refractivity contribution in [2.24, 2.45) is 0 Å². The standard InChI is InChI=1S/C4H9Br.Al.3H/c1-3-4(2)5;;;;/h4H,3H2,1-2H3;;;;. The van der Waals surface area contributed by atoms with Crippen LogP contribution in [0.25, 0.3) is 0 Å². The zero-order chi connectivity index (χ0) is 4.28. The highest BCUT2D eigenvalue weighted by Gasteiger charge is 1.82. The van der Waals surface area contributed by atoms with E-state index < -0.39 is 0 Å². The van der Waals surface area contributed by atoms with Crippen molar-refractivity contribution in [3.63, 3.8) is 0 Å². The van der Waals surface area contributed by atoms with Crippen LogP contribution in [0.5, 0.6) is 0 Å². The lowest BCUT2D eigenvalue weighted by Gasteiger charge is -1.88. The van der Waals surface area contributed by atoms with E-state index in [1.54, 1.807) is 0 Å². The van der Waals surface area contributed by atoms with Gasteiger partial charge >= 0.3 is 0 Å². The summed E-state index contributed by atoms with van der Waals surface area (Å²) in [7, 11) is 0. The molecular weight excluding hydrogens is 155 g/mol. The van der Waals surface area contributed by atoms with Crippen molar-refractivity contribution in [3.8, 4) is 0 Å². The second-order valence-electron chi connectivity index (χ2n) is 1.19. The summed E-state index contributed by atoms with van der Waals surface area (Å²) < 4.78 is 0. The Labute approximate surface area is 58.6 Å². The summed E-state index contributed by atoms with van der Waals surface area (Å²) in [6, 6.07) is 0. The average molecular weight is 167 g/mol. The fourth-order valence-corrected chi connectivity index (χ4v) is 0. The monoisotopic (exact) mass is 166 g/mol. The Bertz CT molecular complexity index is 21.5. The van der Waals surface area contributed by atoms with Crippen molar-refractivity contribution in [2.45, 2.75) is 25.1 Å². The lowest BCUT2D eigenvalue weighted by atomic mass is 10.4. The molecule has 0 aromatic carbocycles. The molecule has 1 unspecified atom stereocenters. The molecule has 0 bridgehead atoms. The van der Waals surface area contributed by atoms with Crippen molar-refractivity contribution < 1.29 is 0 Å². The minimum absolute atomic E-state index is 0. The summed E-state index contributed by atoms with van der Waals surface area (Å²) >= 11 is 3.37. The molecule has 0 N–H and O–H groups in total. The highest BCUT2D eigenvalue weighted by Crippen LogP contribution is 1.99. The lowest BCUT2D eigenvalue weighted by Crippen LogP contribution is -1.80. The first-order valence-corrected chi connectivity index (χ1v) is 2.83. The van der Waals surface area contributed by atoms with Gasteiger partial charge in [0, 0.05) is 4.83 Å². The third-order valence-electron chi connectivity index (χ3n) is 0.563. The largest absolute Gasteiger partial charge is 0.187 e. The molecule has 38 valence electrons. The van der Waals surface area contributed by atoms with Gasteiger partial charge in [-0.1, -0.05) is 29.8 Å². The van der Waals surface area contributed by atoms with Gasteiger partial charge in [-0.15, -0.1) is 0 Å². The van der Waals surface area contributed by atoms with Gasteiger partial charge in [0.15, 0.2) is 17.4 Å². The molecule has 0 rings (SSSR count). The first-order valence-electron chi connectivity index (χ1n) is 1.91. The minimum atomic E-state index is 0. The fourth-order valence-electron chi connectivity index (χ4n) is 0. The Balaban J connectivity index is 0. The molecule has 2 heteroatoms. The molecule has 0 aliphatic rings. The van der Waals surface area contributed by atoms with Gasteiger partial charge in [0.2, 0.25) is 0 Å². The number of rotatable bonds is 1. The van der Waals surface area contributed by atoms with E-state index in [0.717, 1.165) is 0 Å². The maximum Gasteiger partial charge on any atom is 0.187 e. The smallest absolute Gasteiger partial charge is 0.0894 e. The summed E-state index contributed by atoms with van der Waals surface area (Å²) in [5, 5.41) is 0. The number of halogens is 1. The normalized spacial score (nSPS) is 12.5. The molecule has 0 aromatic rings. The van der Waals surface area contributed by atoms with E-state index in [2.05, 4.69) is 29.8 Å². The SMILES string of the molecule is CCC(C)Br.[AlH3]. The van der Waals surface area contributed by atoms with Gasteiger partial charge in [-0.25, -0.2) is 0 Å². The molecule has 0 fully saturated rings. The van der Waals surface area contributed by atoms with Crippen LogP contribution in [0.4, 0.5) is 0 Å². The molecule has 0 heterocycles. The summed E-state index contributed by atoms with van der Waals surface area (Å²) in [6.07, 6.45) is 1.22. The molecular formula is C4H12AlBr. The van der Waals surface area contributed by atoms with Crippen molar-refractivity contribution >= 4 is 33.3 Å². The zero-order valence-corrected chi connectivity index (χ0v) is 5.25. The maximum absolute atomic E-state index is 3.37. The van der Waals surface area contributed by atoms with Crippen molar-refractivity contribution in [2.75, 3.05) is 0 Å². The maximum atomic E-state index is 3.37. The van der Waals surface area contributed by atoms with Crippen LogP contribution in [0.2, 0.25) is 0 Å². The van der Waals surface area contributed by atoms with Gasteiger partial charge in [-0.3, -0.25) is 0 Å². The van der Waals surface area contributed by atoms with Crippen molar-refractivity contribution in [3.05, 3.63) is 0 Å². The first kappa shape index (κ1) is 10.1. The van der Waals surface area contributed by atoms with Crippen LogP contribution >= 0.6 is 15.9 Å². The molecule has 6 heavy (non-hydrogen) atoms. The van der Waals surface area contributed by atoms with Crippen LogP contribution < -0.4 is 0 Å². The number of hydrogen-bond donors (Lipinski definition) is 0. The van der Waals surface area contributed by atoms with E-state index in [1.165, 1.54) is 6.42 Å². The van der Waals surface area contributed by atoms with Crippen LogP contribution in [0.15, 0.2) is 0 Å². The predicted molar refractivity (Wildman–Crippen MR) is 38.6 cm³/mol. The van der Waals surface area contributed by atoms with Crippen LogP contribution in [0.1, 0.15) is 20.3 Å². The molecule has 1 atom stereocenters. The molecule has 0 saturated carbocycles. The molecule has 0 aliphatic carbocycles. The van der Waals surface area contributed by atoms with Crippen LogP contribution in [0, 0.1) is 0 Å². The van der Waals surface area contributed by atoms with E-state index in [-0.39, 0.29) is 17.4 Å². The van der Waals surface area contributed by atoms with E-state index in [0.29, 0.717) is 4.83 Å². The Morgan fingerprint density at radius 3 is 1.83 bits per heavy atom. The van der Waals surface area contributed by atoms with E-state index in [1.807, 2.05) is 0 Å². The highest BCUT2D eigenvalue weighted by molar-refractivity contribution is 9.09. The van der Waals surface area contributed by atoms with Crippen LogP contribution in [-0.2, 0) is 0 Å². The van der Waals surface area contributed by atoms with Crippen molar-refractivity contribution in [1.29, 1.82) is 0 Å². The molecule has 0 aliphatic heterocycles. The number of alkyl halides is 1. The second-order valence-corrected chi connectivity index (χ2v) is 2.75. The zero-order valence-electron chi connectivity index (χ0n) is 3.66. The average Bonchev–Trinajstić information content (AvgIpc) is 1.38. The molecule has 0 nitrogen and oxygen atoms in total. The van der Waals surface area contributed by atoms with Crippen LogP contribution in [0.3, 0.4) is 0 Å². The second kappa shape index (κ2) is 6.01. The Morgan fingerprint density at radius 2 is 1.83 bits per heavy atom. The van der Waals surface area contributed by atoms with Gasteiger partial charge in [0.05, 0.1) is 0 Å². The van der Waals surface area contributed by atoms with Crippen LogP contribution in [-0.4, -0.2) is 22.2 Å². The third-order valence-corrected chi connectivity index (χ3v) is 1.21. The molecule has 0 spiro atoms. The van der Waals surface area contributed by atoms with Gasteiger partial charge < -0.3 is 0 Å². The fraction of sp³-hybridized carbons (Fsp3) is 1.00. The first-order chi connectivity index (χ1) is 2.27. The van der Waals surface area contributed by atoms with Gasteiger partial charge in [-0.2, -0.15) is 0 Å². The summed E-state index contributed by atoms with van der Waals surface area (Å²) in [5.74, 6) is 0. The van der Waals surface area contributed by atoms with E-state index in [4.69, 9.17) is 0 Å². The van der Waals surface area contributed by atoms with E-state index >= 15 is 0 Å². The Kier molecular flexibility index (Phi) is 10.1. The Hall–Kier alpha value is 1.01. The molecule has 0 radical (unpaired) electrons. The Morgan fingerprint density at radius 1 is 1.67 bits per heavy atom. The van der Waals surface area contributed by atoms with Crippen molar-refractivity contribution in [1.82, 2.24) is 0 Å². The topological polar surface area (TPSA) is 0 Å². The minimum Gasteiger partial charge on any atom is -0.0894 e. The molecule has 0 saturated heterocycles. The summed E-state index contributed by atoms with van der Waals surface area (Å²) in [5.41, 5.74) is 0. The molecule has 0 aromatic heterocycles. The summed E-state index contributed by atoms with van der Waals surface area (Å²) in [6.45, 7) is 4.29. The highest BCUT2D eigenvalue weighted by atomic mass is 79.9. The van der Waals surface area contributed by atoms with Gasteiger partial charge in [0.1, 0.15) is 0 Å². The molecule has 0 amide bonds. The summed E-state index contributed by atoms with van der Waals surface area (Å²) in [4.78, 5) is 0.697. The number of hydrogen-bond acceptors (Lipinski definition) is 0. The van der Waals surface area contributed by atoms with Gasteiger partial charge in [0.25, 0.3) is 0 Å². The quantitative estimate of drug-likeness (QED) is 0.403. The van der Waals surface area contributed by atoms with E-state index in [9.17, 15) is 0 Å². The van der Waals surface area contributed by atoms with Gasteiger partial charge in [-0.05, 0) is 6.42 Å². The predicted octanol–water partition coefficient (Wildman–Crippen LogP) is 0.996.